The van der Waals surface area contributed by atoms with Gasteiger partial charge >= 0.3 is 5.97 Å². The normalized spacial score (nSPS) is 14.6. The molecule has 0 unspecified atom stereocenters. The molecule has 162 valence electrons. The summed E-state index contributed by atoms with van der Waals surface area (Å²) in [5, 5.41) is 11.0. The van der Waals surface area contributed by atoms with E-state index >= 15 is 0 Å². The highest BCUT2D eigenvalue weighted by atomic mass is 127. The van der Waals surface area contributed by atoms with Crippen molar-refractivity contribution in [2.75, 3.05) is 6.61 Å². The monoisotopic (exact) mass is 536 g/mol. The lowest BCUT2D eigenvalue weighted by molar-refractivity contribution is -0.385. The standard InChI is InChI=1S/C22H21IN2O6/c1-5-29-19-11-14(9-16(23)20(19)30-12(2)3)10-17-22(26)31-21(24-17)15-6-7-18(25(27)28)13(4)8-15/h6-12H,5H2,1-4H3/b17-10-. The van der Waals surface area contributed by atoms with E-state index in [2.05, 4.69) is 27.6 Å². The molecule has 0 N–H and O–H groups in total. The van der Waals surface area contributed by atoms with Gasteiger partial charge in [-0.3, -0.25) is 10.1 Å². The zero-order chi connectivity index (χ0) is 22.7. The first-order valence-electron chi connectivity index (χ1n) is 9.60. The van der Waals surface area contributed by atoms with Gasteiger partial charge in [0.05, 0.1) is 21.2 Å². The molecular weight excluding hydrogens is 515 g/mol. The number of nitro groups is 1. The van der Waals surface area contributed by atoms with Gasteiger partial charge in [-0.05, 0) is 86.2 Å². The summed E-state index contributed by atoms with van der Waals surface area (Å²) in [6.07, 6.45) is 1.59. The zero-order valence-corrected chi connectivity index (χ0v) is 19.6. The molecule has 2 aromatic rings. The van der Waals surface area contributed by atoms with Gasteiger partial charge in [0.2, 0.25) is 5.90 Å². The molecule has 8 nitrogen and oxygen atoms in total. The van der Waals surface area contributed by atoms with Crippen molar-refractivity contribution in [2.45, 2.75) is 33.8 Å². The molecule has 1 heterocycles. The van der Waals surface area contributed by atoms with Crippen molar-refractivity contribution >= 4 is 46.2 Å². The van der Waals surface area contributed by atoms with Crippen LogP contribution in [0.4, 0.5) is 5.69 Å². The number of nitro benzene ring substituents is 1. The van der Waals surface area contributed by atoms with Crippen molar-refractivity contribution in [3.8, 4) is 11.5 Å². The Morgan fingerprint density at radius 3 is 2.65 bits per heavy atom. The number of hydrogen-bond donors (Lipinski definition) is 0. The van der Waals surface area contributed by atoms with Crippen LogP contribution in [0.25, 0.3) is 6.08 Å². The predicted octanol–water partition coefficient (Wildman–Crippen LogP) is 5.04. The molecule has 3 rings (SSSR count). The maximum atomic E-state index is 12.4. The number of aliphatic imine (C=N–C) groups is 1. The first-order chi connectivity index (χ1) is 14.7. The number of hydrogen-bond acceptors (Lipinski definition) is 7. The Balaban J connectivity index is 1.96. The Hall–Kier alpha value is -2.95. The molecule has 1 aliphatic heterocycles. The Labute approximate surface area is 193 Å². The van der Waals surface area contributed by atoms with E-state index in [0.29, 0.717) is 34.8 Å². The third-order valence-corrected chi connectivity index (χ3v) is 5.05. The van der Waals surface area contributed by atoms with Gasteiger partial charge in [-0.1, -0.05) is 0 Å². The quantitative estimate of drug-likeness (QED) is 0.162. The number of esters is 1. The fraction of sp³-hybridized carbons (Fsp3) is 0.273. The van der Waals surface area contributed by atoms with Gasteiger partial charge in [-0.15, -0.1) is 0 Å². The summed E-state index contributed by atoms with van der Waals surface area (Å²) in [5.41, 5.74) is 1.77. The van der Waals surface area contributed by atoms with Crippen LogP contribution in [0, 0.1) is 20.6 Å². The summed E-state index contributed by atoms with van der Waals surface area (Å²) in [7, 11) is 0. The number of cyclic esters (lactones) is 1. The molecule has 1 aliphatic rings. The van der Waals surface area contributed by atoms with Crippen LogP contribution in [-0.2, 0) is 9.53 Å². The lowest BCUT2D eigenvalue weighted by Crippen LogP contribution is -2.09. The highest BCUT2D eigenvalue weighted by Crippen LogP contribution is 2.36. The number of aryl methyl sites for hydroxylation is 1. The highest BCUT2D eigenvalue weighted by Gasteiger charge is 2.26. The van der Waals surface area contributed by atoms with Gasteiger partial charge in [0.15, 0.2) is 17.2 Å². The van der Waals surface area contributed by atoms with Crippen LogP contribution in [0.5, 0.6) is 11.5 Å². The number of benzene rings is 2. The lowest BCUT2D eigenvalue weighted by atomic mass is 10.1. The summed E-state index contributed by atoms with van der Waals surface area (Å²) in [5.74, 6) is 0.742. The van der Waals surface area contributed by atoms with Crippen LogP contribution in [0.2, 0.25) is 0 Å². The summed E-state index contributed by atoms with van der Waals surface area (Å²) in [6.45, 7) is 7.84. The van der Waals surface area contributed by atoms with Gasteiger partial charge in [-0.25, -0.2) is 9.79 Å². The topological polar surface area (TPSA) is 100 Å². The molecule has 2 aromatic carbocycles. The zero-order valence-electron chi connectivity index (χ0n) is 17.5. The lowest BCUT2D eigenvalue weighted by Gasteiger charge is -2.16. The first-order valence-corrected chi connectivity index (χ1v) is 10.7. The SMILES string of the molecule is CCOc1cc(/C=C2\N=C(c3ccc([N+](=O)[O-])c(C)c3)OC2=O)cc(I)c1OC(C)C. The maximum absolute atomic E-state index is 12.4. The molecule has 0 aliphatic carbocycles. The number of rotatable bonds is 7. The van der Waals surface area contributed by atoms with E-state index in [1.54, 1.807) is 25.1 Å². The van der Waals surface area contributed by atoms with Crippen molar-refractivity contribution in [2.24, 2.45) is 4.99 Å². The number of ether oxygens (including phenoxy) is 3. The van der Waals surface area contributed by atoms with E-state index in [1.165, 1.54) is 12.1 Å². The minimum atomic E-state index is -0.596. The number of halogens is 1. The second-order valence-electron chi connectivity index (χ2n) is 7.02. The molecule has 0 aromatic heterocycles. The van der Waals surface area contributed by atoms with Gasteiger partial charge < -0.3 is 14.2 Å². The third-order valence-electron chi connectivity index (χ3n) is 4.25. The Bertz CT molecular complexity index is 1110. The van der Waals surface area contributed by atoms with Crippen molar-refractivity contribution in [3.05, 3.63) is 66.4 Å². The van der Waals surface area contributed by atoms with E-state index < -0.39 is 10.9 Å². The second-order valence-corrected chi connectivity index (χ2v) is 8.19. The van der Waals surface area contributed by atoms with E-state index in [0.717, 1.165) is 3.57 Å². The minimum absolute atomic E-state index is 0.00817. The van der Waals surface area contributed by atoms with Gasteiger partial charge in [0.25, 0.3) is 5.69 Å². The van der Waals surface area contributed by atoms with E-state index in [1.807, 2.05) is 26.8 Å². The van der Waals surface area contributed by atoms with Gasteiger partial charge in [0, 0.05) is 17.2 Å². The van der Waals surface area contributed by atoms with Crippen LogP contribution >= 0.6 is 22.6 Å². The summed E-state index contributed by atoms with van der Waals surface area (Å²) in [6, 6.07) is 8.10. The molecule has 0 amide bonds. The van der Waals surface area contributed by atoms with Crippen molar-refractivity contribution in [1.82, 2.24) is 0 Å². The number of carbonyl (C=O) groups excluding carboxylic acids is 1. The van der Waals surface area contributed by atoms with Gasteiger partial charge in [0.1, 0.15) is 0 Å². The Morgan fingerprint density at radius 1 is 1.29 bits per heavy atom. The second kappa shape index (κ2) is 9.46. The van der Waals surface area contributed by atoms with Crippen LogP contribution < -0.4 is 9.47 Å². The van der Waals surface area contributed by atoms with Crippen molar-refractivity contribution in [3.63, 3.8) is 0 Å². The summed E-state index contributed by atoms with van der Waals surface area (Å²) < 4.78 is 17.7. The molecule has 0 atom stereocenters. The number of nitrogens with zero attached hydrogens (tertiary/aromatic N) is 2. The average molecular weight is 536 g/mol. The highest BCUT2D eigenvalue weighted by molar-refractivity contribution is 14.1. The minimum Gasteiger partial charge on any atom is -0.490 e. The van der Waals surface area contributed by atoms with Gasteiger partial charge in [-0.2, -0.15) is 0 Å². The fourth-order valence-electron chi connectivity index (χ4n) is 2.97. The molecule has 31 heavy (non-hydrogen) atoms. The van der Waals surface area contributed by atoms with E-state index in [4.69, 9.17) is 14.2 Å². The average Bonchev–Trinajstić information content (AvgIpc) is 3.04. The summed E-state index contributed by atoms with van der Waals surface area (Å²) in [4.78, 5) is 27.2. The smallest absolute Gasteiger partial charge is 0.363 e. The molecule has 0 bridgehead atoms. The van der Waals surface area contributed by atoms with Crippen molar-refractivity contribution < 1.29 is 23.9 Å². The van der Waals surface area contributed by atoms with E-state index in [-0.39, 0.29) is 23.4 Å². The maximum Gasteiger partial charge on any atom is 0.363 e. The molecular formula is C22H21IN2O6. The van der Waals surface area contributed by atoms with Crippen LogP contribution in [0.15, 0.2) is 41.0 Å². The molecule has 0 radical (unpaired) electrons. The molecule has 0 spiro atoms. The largest absolute Gasteiger partial charge is 0.490 e. The van der Waals surface area contributed by atoms with Crippen molar-refractivity contribution in [1.29, 1.82) is 0 Å². The Kier molecular flexibility index (Phi) is 6.94. The molecule has 0 fully saturated rings. The number of carbonyl (C=O) groups is 1. The Morgan fingerprint density at radius 2 is 2.03 bits per heavy atom. The molecule has 0 saturated heterocycles. The fourth-order valence-corrected chi connectivity index (χ4v) is 3.72. The predicted molar refractivity (Wildman–Crippen MR) is 125 cm³/mol. The molecule has 9 heteroatoms. The molecule has 0 saturated carbocycles. The van der Waals surface area contributed by atoms with Crippen LogP contribution in [-0.4, -0.2) is 29.5 Å². The summed E-state index contributed by atoms with van der Waals surface area (Å²) >= 11 is 2.16. The van der Waals surface area contributed by atoms with E-state index in [9.17, 15) is 14.9 Å². The first kappa shape index (κ1) is 22.7. The third kappa shape index (κ3) is 5.22. The van der Waals surface area contributed by atoms with Crippen LogP contribution in [0.1, 0.15) is 37.5 Å². The van der Waals surface area contributed by atoms with Crippen LogP contribution in [0.3, 0.4) is 0 Å².